The van der Waals surface area contributed by atoms with Gasteiger partial charge in [-0.05, 0) is 54.6 Å². The summed E-state index contributed by atoms with van der Waals surface area (Å²) >= 11 is 6.36. The Kier molecular flexibility index (Phi) is 3.82. The van der Waals surface area contributed by atoms with Crippen LogP contribution in [0.5, 0.6) is 5.75 Å². The monoisotopic (exact) mass is 430 g/mol. The van der Waals surface area contributed by atoms with Crippen LogP contribution in [0.25, 0.3) is 43.9 Å². The SMILES string of the molecule is O=C(Oc1c(Cl)ccc2oc3ccc(F)cc3c12)c1ccc2oc3ccccc3c2c1. The molecular weight excluding hydrogens is 419 g/mol. The summed E-state index contributed by atoms with van der Waals surface area (Å²) in [7, 11) is 0. The summed E-state index contributed by atoms with van der Waals surface area (Å²) < 4.78 is 31.1. The van der Waals surface area contributed by atoms with Gasteiger partial charge in [-0.2, -0.15) is 0 Å². The third-order valence-electron chi connectivity index (χ3n) is 5.31. The molecule has 6 heteroatoms. The predicted octanol–water partition coefficient (Wildman–Crippen LogP) is 7.50. The van der Waals surface area contributed by atoms with E-state index in [1.165, 1.54) is 18.2 Å². The molecule has 2 aromatic heterocycles. The molecule has 0 fully saturated rings. The third-order valence-corrected chi connectivity index (χ3v) is 5.61. The van der Waals surface area contributed by atoms with Crippen LogP contribution >= 0.6 is 11.6 Å². The molecule has 0 aliphatic heterocycles. The second-order valence-corrected chi connectivity index (χ2v) is 7.60. The van der Waals surface area contributed by atoms with Crippen molar-refractivity contribution in [2.75, 3.05) is 0 Å². The van der Waals surface area contributed by atoms with E-state index in [2.05, 4.69) is 0 Å². The maximum atomic E-state index is 13.9. The number of esters is 1. The highest BCUT2D eigenvalue weighted by atomic mass is 35.5. The van der Waals surface area contributed by atoms with Gasteiger partial charge >= 0.3 is 5.97 Å². The van der Waals surface area contributed by atoms with Crippen molar-refractivity contribution in [2.24, 2.45) is 0 Å². The molecule has 0 bridgehead atoms. The van der Waals surface area contributed by atoms with Crippen molar-refractivity contribution in [3.63, 3.8) is 0 Å². The molecule has 6 rings (SSSR count). The van der Waals surface area contributed by atoms with Crippen LogP contribution < -0.4 is 4.74 Å². The minimum absolute atomic E-state index is 0.130. The second-order valence-electron chi connectivity index (χ2n) is 7.19. The van der Waals surface area contributed by atoms with Crippen LogP contribution in [0.15, 0.2) is 81.6 Å². The summed E-state index contributed by atoms with van der Waals surface area (Å²) in [5.74, 6) is -0.886. The quantitative estimate of drug-likeness (QED) is 0.211. The first-order chi connectivity index (χ1) is 15.1. The Bertz CT molecular complexity index is 1660. The summed E-state index contributed by atoms with van der Waals surface area (Å²) in [6.07, 6.45) is 0. The highest BCUT2D eigenvalue weighted by Crippen LogP contribution is 2.41. The zero-order valence-electron chi connectivity index (χ0n) is 15.8. The van der Waals surface area contributed by atoms with Gasteiger partial charge in [0.1, 0.15) is 28.1 Å². The average molecular weight is 431 g/mol. The summed E-state index contributed by atoms with van der Waals surface area (Å²) in [6, 6.07) is 20.1. The van der Waals surface area contributed by atoms with Crippen LogP contribution in [0.4, 0.5) is 4.39 Å². The first kappa shape index (κ1) is 18.0. The average Bonchev–Trinajstić information content (AvgIpc) is 3.33. The van der Waals surface area contributed by atoms with Crippen LogP contribution in [0.2, 0.25) is 5.02 Å². The number of carbonyl (C=O) groups is 1. The van der Waals surface area contributed by atoms with Crippen LogP contribution in [-0.4, -0.2) is 5.97 Å². The van der Waals surface area contributed by atoms with Crippen LogP contribution in [0, 0.1) is 5.82 Å². The molecule has 4 nitrogen and oxygen atoms in total. The lowest BCUT2D eigenvalue weighted by Crippen LogP contribution is -2.08. The minimum Gasteiger partial charge on any atom is -0.456 e. The summed E-state index contributed by atoms with van der Waals surface area (Å²) in [5.41, 5.74) is 2.68. The molecule has 31 heavy (non-hydrogen) atoms. The summed E-state index contributed by atoms with van der Waals surface area (Å²) in [4.78, 5) is 13.0. The van der Waals surface area contributed by atoms with Gasteiger partial charge in [-0.3, -0.25) is 0 Å². The zero-order chi connectivity index (χ0) is 21.1. The number of fused-ring (bicyclic) bond motifs is 6. The molecule has 2 heterocycles. The first-order valence-corrected chi connectivity index (χ1v) is 9.90. The number of hydrogen-bond acceptors (Lipinski definition) is 4. The number of halogens is 2. The van der Waals surface area contributed by atoms with Crippen molar-refractivity contribution in [2.45, 2.75) is 0 Å². The summed E-state index contributed by atoms with van der Waals surface area (Å²) in [5, 5.41) is 2.87. The Balaban J connectivity index is 1.48. The van der Waals surface area contributed by atoms with Crippen molar-refractivity contribution in [3.8, 4) is 5.75 Å². The smallest absolute Gasteiger partial charge is 0.343 e. The number of hydrogen-bond donors (Lipinski definition) is 0. The van der Waals surface area contributed by atoms with E-state index in [-0.39, 0.29) is 10.8 Å². The largest absolute Gasteiger partial charge is 0.456 e. The van der Waals surface area contributed by atoms with Crippen molar-refractivity contribution >= 4 is 61.4 Å². The van der Waals surface area contributed by atoms with E-state index in [0.29, 0.717) is 33.1 Å². The van der Waals surface area contributed by atoms with Gasteiger partial charge in [0.05, 0.1) is 16.0 Å². The van der Waals surface area contributed by atoms with Gasteiger partial charge < -0.3 is 13.6 Å². The molecule has 0 spiro atoms. The molecule has 4 aromatic carbocycles. The van der Waals surface area contributed by atoms with E-state index in [1.54, 1.807) is 30.3 Å². The van der Waals surface area contributed by atoms with Gasteiger partial charge in [-0.1, -0.05) is 29.8 Å². The second kappa shape index (κ2) is 6.59. The third kappa shape index (κ3) is 2.78. The molecule has 0 unspecified atom stereocenters. The molecule has 0 N–H and O–H groups in total. The number of ether oxygens (including phenoxy) is 1. The van der Waals surface area contributed by atoms with E-state index in [9.17, 15) is 9.18 Å². The van der Waals surface area contributed by atoms with E-state index >= 15 is 0 Å². The molecular formula is C25H12ClFO4. The molecule has 0 saturated heterocycles. The van der Waals surface area contributed by atoms with E-state index in [1.807, 2.05) is 24.3 Å². The number of rotatable bonds is 2. The van der Waals surface area contributed by atoms with Crippen molar-refractivity contribution in [1.29, 1.82) is 0 Å². The predicted molar refractivity (Wildman–Crippen MR) is 117 cm³/mol. The highest BCUT2D eigenvalue weighted by Gasteiger charge is 2.20. The lowest BCUT2D eigenvalue weighted by atomic mass is 10.1. The van der Waals surface area contributed by atoms with Crippen LogP contribution in [0.1, 0.15) is 10.4 Å². The maximum Gasteiger partial charge on any atom is 0.343 e. The standard InChI is InChI=1S/C25H12ClFO4/c26-18-7-10-22-23(17-12-14(27)6-9-21(17)30-22)24(18)31-25(28)13-5-8-20-16(11-13)15-3-1-2-4-19(15)29-20/h1-12H. The van der Waals surface area contributed by atoms with Gasteiger partial charge in [-0.15, -0.1) is 0 Å². The van der Waals surface area contributed by atoms with Gasteiger partial charge in [0.2, 0.25) is 0 Å². The van der Waals surface area contributed by atoms with E-state index in [0.717, 1.165) is 16.4 Å². The van der Waals surface area contributed by atoms with Gasteiger partial charge in [0.15, 0.2) is 5.75 Å². The maximum absolute atomic E-state index is 13.9. The zero-order valence-corrected chi connectivity index (χ0v) is 16.6. The Morgan fingerprint density at radius 3 is 2.39 bits per heavy atom. The first-order valence-electron chi connectivity index (χ1n) is 9.52. The lowest BCUT2D eigenvalue weighted by Gasteiger charge is -2.08. The molecule has 0 atom stereocenters. The molecule has 0 aliphatic carbocycles. The molecule has 0 radical (unpaired) electrons. The number of benzene rings is 4. The molecule has 150 valence electrons. The minimum atomic E-state index is -0.590. The summed E-state index contributed by atoms with van der Waals surface area (Å²) in [6.45, 7) is 0. The van der Waals surface area contributed by atoms with Crippen molar-refractivity contribution in [1.82, 2.24) is 0 Å². The fraction of sp³-hybridized carbons (Fsp3) is 0. The van der Waals surface area contributed by atoms with Crippen molar-refractivity contribution < 1.29 is 22.8 Å². The lowest BCUT2D eigenvalue weighted by molar-refractivity contribution is 0.0737. The van der Waals surface area contributed by atoms with Gasteiger partial charge in [0, 0.05) is 16.2 Å². The Morgan fingerprint density at radius 2 is 1.48 bits per heavy atom. The van der Waals surface area contributed by atoms with Gasteiger partial charge in [-0.25, -0.2) is 9.18 Å². The Morgan fingerprint density at radius 1 is 0.774 bits per heavy atom. The molecule has 0 amide bonds. The topological polar surface area (TPSA) is 52.6 Å². The number of furan rings is 2. The van der Waals surface area contributed by atoms with Gasteiger partial charge in [0.25, 0.3) is 0 Å². The van der Waals surface area contributed by atoms with Crippen LogP contribution in [0.3, 0.4) is 0 Å². The molecule has 0 aliphatic rings. The molecule has 0 saturated carbocycles. The van der Waals surface area contributed by atoms with E-state index in [4.69, 9.17) is 25.2 Å². The van der Waals surface area contributed by atoms with Crippen molar-refractivity contribution in [3.05, 3.63) is 89.2 Å². The molecule has 6 aromatic rings. The fourth-order valence-corrected chi connectivity index (χ4v) is 4.08. The number of para-hydroxylation sites is 1. The normalized spacial score (nSPS) is 11.7. The Labute approximate surface area is 179 Å². The number of carbonyl (C=O) groups excluding carboxylic acids is 1. The van der Waals surface area contributed by atoms with Crippen LogP contribution in [-0.2, 0) is 0 Å². The fourth-order valence-electron chi connectivity index (χ4n) is 3.89. The van der Waals surface area contributed by atoms with E-state index < -0.39 is 11.8 Å². The highest BCUT2D eigenvalue weighted by molar-refractivity contribution is 6.34. The Hall–Kier alpha value is -3.83.